The van der Waals surface area contributed by atoms with Gasteiger partial charge in [-0.15, -0.1) is 0 Å². The van der Waals surface area contributed by atoms with Crippen molar-refractivity contribution in [2.24, 2.45) is 5.41 Å². The van der Waals surface area contributed by atoms with Crippen LogP contribution in [0.1, 0.15) is 44.0 Å². The average molecular weight is 433 g/mol. The van der Waals surface area contributed by atoms with E-state index in [4.69, 9.17) is 16.7 Å². The predicted molar refractivity (Wildman–Crippen MR) is 125 cm³/mol. The number of fused-ring (bicyclic) bond motifs is 1. The lowest BCUT2D eigenvalue weighted by molar-refractivity contribution is -0.118. The maximum atomic E-state index is 13.4. The average Bonchev–Trinajstić information content (AvgIpc) is 2.92. The van der Waals surface area contributed by atoms with E-state index in [0.717, 1.165) is 46.0 Å². The van der Waals surface area contributed by atoms with E-state index in [2.05, 4.69) is 24.5 Å². The van der Waals surface area contributed by atoms with Crippen molar-refractivity contribution in [2.75, 3.05) is 10.6 Å². The smallest absolute Gasteiger partial charge is 0.163 e. The minimum atomic E-state index is -0.375. The zero-order valence-electron chi connectivity index (χ0n) is 17.9. The second kappa shape index (κ2) is 7.27. The molecule has 0 saturated carbocycles. The van der Waals surface area contributed by atoms with Crippen molar-refractivity contribution in [3.63, 3.8) is 0 Å². The molecule has 1 atom stereocenters. The number of nitrogens with one attached hydrogen (secondary N) is 2. The zero-order valence-corrected chi connectivity index (χ0v) is 18.6. The highest BCUT2D eigenvalue weighted by Gasteiger charge is 2.40. The molecule has 1 aromatic heterocycles. The molecule has 0 amide bonds. The van der Waals surface area contributed by atoms with Crippen LogP contribution < -0.4 is 10.6 Å². The van der Waals surface area contributed by atoms with Crippen molar-refractivity contribution >= 4 is 28.8 Å². The fraction of sp³-hybridized carbons (Fsp3) is 0.280. The Labute approximate surface area is 187 Å². The maximum absolute atomic E-state index is 13.4. The van der Waals surface area contributed by atoms with E-state index < -0.39 is 0 Å². The molecule has 0 spiro atoms. The third kappa shape index (κ3) is 3.43. The van der Waals surface area contributed by atoms with Gasteiger partial charge in [-0.25, -0.2) is 4.68 Å². The van der Waals surface area contributed by atoms with Gasteiger partial charge >= 0.3 is 0 Å². The van der Waals surface area contributed by atoms with Gasteiger partial charge in [0.25, 0.3) is 0 Å². The highest BCUT2D eigenvalue weighted by Crippen LogP contribution is 2.47. The first-order chi connectivity index (χ1) is 14.8. The largest absolute Gasteiger partial charge is 0.372 e. The molecule has 6 heteroatoms. The summed E-state index contributed by atoms with van der Waals surface area (Å²) in [5.74, 6) is 0.145. The van der Waals surface area contributed by atoms with E-state index in [9.17, 15) is 4.79 Å². The van der Waals surface area contributed by atoms with Crippen molar-refractivity contribution < 1.29 is 4.79 Å². The number of allylic oxidation sites excluding steroid dienone is 1. The Hall–Kier alpha value is -3.05. The molecule has 2 aliphatic rings. The monoisotopic (exact) mass is 432 g/mol. The third-order valence-corrected chi connectivity index (χ3v) is 6.42. The number of aryl methyl sites for hydroxylation is 1. The van der Waals surface area contributed by atoms with Gasteiger partial charge in [0.2, 0.25) is 0 Å². The number of ketones is 1. The number of aromatic nitrogens is 2. The summed E-state index contributed by atoms with van der Waals surface area (Å²) < 4.78 is 1.75. The molecule has 0 fully saturated rings. The molecule has 5 rings (SSSR count). The zero-order chi connectivity index (χ0) is 21.8. The molecule has 2 N–H and O–H groups in total. The number of hydrogen-bond donors (Lipinski definition) is 2. The molecule has 0 radical (unpaired) electrons. The molecule has 1 aliphatic heterocycles. The highest BCUT2D eigenvalue weighted by atomic mass is 35.5. The van der Waals surface area contributed by atoms with Crippen molar-refractivity contribution in [3.05, 3.63) is 82.3 Å². The molecule has 0 bridgehead atoms. The van der Waals surface area contributed by atoms with Crippen LogP contribution in [-0.2, 0) is 4.79 Å². The summed E-state index contributed by atoms with van der Waals surface area (Å²) in [5, 5.41) is 12.4. The number of carbonyl (C=O) groups is 1. The summed E-state index contributed by atoms with van der Waals surface area (Å²) in [6.45, 7) is 6.23. The van der Waals surface area contributed by atoms with E-state index >= 15 is 0 Å². The Morgan fingerprint density at radius 1 is 1.03 bits per heavy atom. The molecule has 0 unspecified atom stereocenters. The van der Waals surface area contributed by atoms with Gasteiger partial charge in [-0.3, -0.25) is 4.79 Å². The van der Waals surface area contributed by atoms with Crippen molar-refractivity contribution in [1.29, 1.82) is 0 Å². The first-order valence-electron chi connectivity index (χ1n) is 10.5. The Morgan fingerprint density at radius 3 is 2.45 bits per heavy atom. The fourth-order valence-electron chi connectivity index (χ4n) is 4.69. The quantitative estimate of drug-likeness (QED) is 0.517. The van der Waals surface area contributed by atoms with Crippen molar-refractivity contribution in [2.45, 2.75) is 39.7 Å². The molecule has 158 valence electrons. The van der Waals surface area contributed by atoms with Gasteiger partial charge in [0.1, 0.15) is 5.15 Å². The Morgan fingerprint density at radius 2 is 1.71 bits per heavy atom. The molecule has 3 aromatic rings. The van der Waals surface area contributed by atoms with Gasteiger partial charge in [0.05, 0.1) is 28.8 Å². The second-order valence-corrected chi connectivity index (χ2v) is 9.48. The molecule has 5 nitrogen and oxygen atoms in total. The lowest BCUT2D eigenvalue weighted by Crippen LogP contribution is -2.31. The van der Waals surface area contributed by atoms with E-state index in [-0.39, 0.29) is 17.2 Å². The first kappa shape index (κ1) is 19.9. The first-order valence-corrected chi connectivity index (χ1v) is 10.9. The number of Topliss-reactive ketones (excluding diaryl/α,β-unsaturated/α-hetero) is 1. The Bertz CT molecular complexity index is 1210. The minimum absolute atomic E-state index is 0.0974. The van der Waals surface area contributed by atoms with Crippen LogP contribution in [0.3, 0.4) is 0 Å². The molecule has 2 heterocycles. The van der Waals surface area contributed by atoms with Crippen molar-refractivity contribution in [1.82, 2.24) is 9.78 Å². The molecule has 31 heavy (non-hydrogen) atoms. The number of rotatable bonds is 2. The van der Waals surface area contributed by atoms with E-state index in [1.165, 1.54) is 0 Å². The summed E-state index contributed by atoms with van der Waals surface area (Å²) in [7, 11) is 0. The lowest BCUT2D eigenvalue weighted by atomic mass is 9.73. The standard InChI is InChI=1S/C25H25ClN4O/c1-15-21(24(26)30(29-15)16-9-5-4-6-10-16)23-22-19(13-25(2,3)14-20(22)31)27-17-11-7-8-12-18(17)28-23/h4-12,23,27-28H,13-14H2,1-3H3/t23-/m1/s1. The molecular weight excluding hydrogens is 408 g/mol. The number of carbonyl (C=O) groups excluding carboxylic acids is 1. The van der Waals surface area contributed by atoms with Gasteiger partial charge in [-0.2, -0.15) is 5.10 Å². The van der Waals surface area contributed by atoms with Gasteiger partial charge in [-0.1, -0.05) is 55.8 Å². The van der Waals surface area contributed by atoms with Crippen molar-refractivity contribution in [3.8, 4) is 5.69 Å². The highest BCUT2D eigenvalue weighted by molar-refractivity contribution is 6.31. The lowest BCUT2D eigenvalue weighted by Gasteiger charge is -2.34. The Kier molecular flexibility index (Phi) is 4.67. The van der Waals surface area contributed by atoms with Crippen LogP contribution in [0.2, 0.25) is 5.15 Å². The van der Waals surface area contributed by atoms with Crippen LogP contribution in [0.15, 0.2) is 65.9 Å². The number of para-hydroxylation sites is 3. The van der Waals surface area contributed by atoms with Gasteiger partial charge in [0, 0.05) is 23.3 Å². The van der Waals surface area contributed by atoms with Gasteiger partial charge < -0.3 is 10.6 Å². The fourth-order valence-corrected chi connectivity index (χ4v) is 5.07. The second-order valence-electron chi connectivity index (χ2n) is 9.12. The summed E-state index contributed by atoms with van der Waals surface area (Å²) in [6, 6.07) is 17.5. The van der Waals surface area contributed by atoms with Gasteiger partial charge in [-0.05, 0) is 43.0 Å². The third-order valence-electron chi connectivity index (χ3n) is 6.06. The topological polar surface area (TPSA) is 59.0 Å². The predicted octanol–water partition coefficient (Wildman–Crippen LogP) is 6.06. The Balaban J connectivity index is 1.71. The van der Waals surface area contributed by atoms with Crippen LogP contribution in [-0.4, -0.2) is 15.6 Å². The number of halogens is 1. The summed E-state index contributed by atoms with van der Waals surface area (Å²) in [4.78, 5) is 13.4. The van der Waals surface area contributed by atoms with Gasteiger partial charge in [0.15, 0.2) is 5.78 Å². The van der Waals surface area contributed by atoms with Crippen LogP contribution in [0, 0.1) is 12.3 Å². The number of nitrogens with zero attached hydrogens (tertiary/aromatic N) is 2. The molecule has 1 aliphatic carbocycles. The van der Waals surface area contributed by atoms with E-state index in [1.54, 1.807) is 4.68 Å². The molecule has 0 saturated heterocycles. The van der Waals surface area contributed by atoms with E-state index in [1.807, 2.05) is 61.5 Å². The summed E-state index contributed by atoms with van der Waals surface area (Å²) in [5.41, 5.74) is 6.06. The van der Waals surface area contributed by atoms with Crippen LogP contribution in [0.25, 0.3) is 5.69 Å². The number of benzene rings is 2. The summed E-state index contributed by atoms with van der Waals surface area (Å²) >= 11 is 6.92. The molecular formula is C25H25ClN4O. The normalized spacial score (nSPS) is 19.7. The summed E-state index contributed by atoms with van der Waals surface area (Å²) in [6.07, 6.45) is 1.30. The van der Waals surface area contributed by atoms with Crippen LogP contribution >= 0.6 is 11.6 Å². The maximum Gasteiger partial charge on any atom is 0.163 e. The minimum Gasteiger partial charge on any atom is -0.372 e. The molecule has 2 aromatic carbocycles. The van der Waals surface area contributed by atoms with Crippen LogP contribution in [0.4, 0.5) is 11.4 Å². The SMILES string of the molecule is Cc1nn(-c2ccccc2)c(Cl)c1[C@H]1Nc2ccccc2NC2=C1C(=O)CC(C)(C)C2. The number of hydrogen-bond acceptors (Lipinski definition) is 4. The van der Waals surface area contributed by atoms with E-state index in [0.29, 0.717) is 11.6 Å². The van der Waals surface area contributed by atoms with Crippen LogP contribution in [0.5, 0.6) is 0 Å². The number of anilines is 2.